The van der Waals surface area contributed by atoms with Crippen LogP contribution in [-0.4, -0.2) is 9.38 Å². The van der Waals surface area contributed by atoms with Crippen molar-refractivity contribution < 1.29 is 0 Å². The molecule has 0 amide bonds. The highest BCUT2D eigenvalue weighted by molar-refractivity contribution is 14.1. The van der Waals surface area contributed by atoms with Crippen molar-refractivity contribution >= 4 is 28.2 Å². The van der Waals surface area contributed by atoms with Crippen LogP contribution in [0.2, 0.25) is 0 Å². The summed E-state index contributed by atoms with van der Waals surface area (Å²) in [5.41, 5.74) is 2.11. The summed E-state index contributed by atoms with van der Waals surface area (Å²) in [6, 6.07) is 4.08. The fourth-order valence-corrected chi connectivity index (χ4v) is 1.71. The summed E-state index contributed by atoms with van der Waals surface area (Å²) in [5, 5.41) is 0. The molecule has 0 N–H and O–H groups in total. The van der Waals surface area contributed by atoms with Crippen molar-refractivity contribution in [2.24, 2.45) is 0 Å². The van der Waals surface area contributed by atoms with Gasteiger partial charge in [0.05, 0.1) is 9.26 Å². The summed E-state index contributed by atoms with van der Waals surface area (Å²) < 4.78 is 3.23. The molecule has 0 aliphatic heterocycles. The van der Waals surface area contributed by atoms with Crippen LogP contribution >= 0.6 is 22.6 Å². The van der Waals surface area contributed by atoms with E-state index in [1.54, 1.807) is 0 Å². The van der Waals surface area contributed by atoms with Crippen LogP contribution in [0.1, 0.15) is 5.69 Å². The standard InChI is InChI=1S/C8H7IN2/c1-6-5-11-4-2-3-7(9)8(11)10-6/h2-5H,1H3. The largest absolute Gasteiger partial charge is 0.306 e. The minimum Gasteiger partial charge on any atom is -0.306 e. The van der Waals surface area contributed by atoms with E-state index in [9.17, 15) is 0 Å². The molecule has 0 aliphatic rings. The van der Waals surface area contributed by atoms with Gasteiger partial charge < -0.3 is 4.40 Å². The molecule has 0 aromatic carbocycles. The minimum absolute atomic E-state index is 1.05. The van der Waals surface area contributed by atoms with Gasteiger partial charge in [-0.15, -0.1) is 0 Å². The Morgan fingerprint density at radius 1 is 1.55 bits per heavy atom. The summed E-state index contributed by atoms with van der Waals surface area (Å²) in [7, 11) is 0. The second-order valence-corrected chi connectivity index (χ2v) is 3.63. The number of nitrogens with zero attached hydrogens (tertiary/aromatic N) is 2. The summed E-state index contributed by atoms with van der Waals surface area (Å²) in [6.45, 7) is 2.00. The van der Waals surface area contributed by atoms with Gasteiger partial charge in [-0.05, 0) is 41.6 Å². The molecule has 0 aliphatic carbocycles. The van der Waals surface area contributed by atoms with E-state index < -0.39 is 0 Å². The zero-order chi connectivity index (χ0) is 7.84. The first-order valence-corrected chi connectivity index (χ1v) is 4.45. The van der Waals surface area contributed by atoms with E-state index in [0.29, 0.717) is 0 Å². The SMILES string of the molecule is Cc1cn2cccc(I)c2n1. The summed E-state index contributed by atoms with van der Waals surface area (Å²) in [4.78, 5) is 4.37. The molecule has 3 heteroatoms. The maximum Gasteiger partial charge on any atom is 0.150 e. The summed E-state index contributed by atoms with van der Waals surface area (Å²) in [6.07, 6.45) is 4.04. The van der Waals surface area contributed by atoms with Crippen LogP contribution in [0.5, 0.6) is 0 Å². The summed E-state index contributed by atoms with van der Waals surface area (Å²) >= 11 is 2.29. The third kappa shape index (κ3) is 1.13. The highest BCUT2D eigenvalue weighted by Gasteiger charge is 1.99. The van der Waals surface area contributed by atoms with E-state index in [2.05, 4.69) is 33.6 Å². The van der Waals surface area contributed by atoms with E-state index in [0.717, 1.165) is 11.3 Å². The predicted octanol–water partition coefficient (Wildman–Crippen LogP) is 2.25. The average Bonchev–Trinajstić information content (AvgIpc) is 2.31. The lowest BCUT2D eigenvalue weighted by Gasteiger charge is -1.92. The molecule has 2 rings (SSSR count). The van der Waals surface area contributed by atoms with Gasteiger partial charge in [0.1, 0.15) is 5.65 Å². The van der Waals surface area contributed by atoms with Crippen LogP contribution in [0.4, 0.5) is 0 Å². The number of halogens is 1. The highest BCUT2D eigenvalue weighted by Crippen LogP contribution is 2.12. The maximum absolute atomic E-state index is 4.37. The van der Waals surface area contributed by atoms with Crippen LogP contribution in [0.3, 0.4) is 0 Å². The lowest BCUT2D eigenvalue weighted by molar-refractivity contribution is 1.18. The van der Waals surface area contributed by atoms with E-state index in [1.807, 2.05) is 29.8 Å². The Morgan fingerprint density at radius 3 is 3.09 bits per heavy atom. The Bertz CT molecular complexity index is 392. The number of fused-ring (bicyclic) bond motifs is 1. The molecule has 0 atom stereocenters. The van der Waals surface area contributed by atoms with Crippen molar-refractivity contribution in [1.29, 1.82) is 0 Å². The predicted molar refractivity (Wildman–Crippen MR) is 52.6 cm³/mol. The molecule has 0 spiro atoms. The molecule has 0 fully saturated rings. The second kappa shape index (κ2) is 2.48. The van der Waals surface area contributed by atoms with Gasteiger partial charge in [0.25, 0.3) is 0 Å². The Kier molecular flexibility index (Phi) is 1.60. The first kappa shape index (κ1) is 7.09. The van der Waals surface area contributed by atoms with E-state index in [1.165, 1.54) is 3.57 Å². The van der Waals surface area contributed by atoms with Gasteiger partial charge in [-0.2, -0.15) is 0 Å². The molecule has 2 aromatic heterocycles. The fourth-order valence-electron chi connectivity index (χ4n) is 1.10. The van der Waals surface area contributed by atoms with Crippen LogP contribution in [-0.2, 0) is 0 Å². The second-order valence-electron chi connectivity index (χ2n) is 2.47. The average molecular weight is 258 g/mol. The lowest BCUT2D eigenvalue weighted by Crippen LogP contribution is -1.83. The number of hydrogen-bond acceptors (Lipinski definition) is 1. The molecule has 2 nitrogen and oxygen atoms in total. The van der Waals surface area contributed by atoms with Crippen LogP contribution < -0.4 is 0 Å². The first-order valence-electron chi connectivity index (χ1n) is 3.37. The van der Waals surface area contributed by atoms with Crippen LogP contribution in [0.25, 0.3) is 5.65 Å². The van der Waals surface area contributed by atoms with Gasteiger partial charge >= 0.3 is 0 Å². The third-order valence-corrected chi connectivity index (χ3v) is 2.40. The molecular formula is C8H7IN2. The molecule has 0 saturated heterocycles. The Hall–Kier alpha value is -0.580. The van der Waals surface area contributed by atoms with Crippen molar-refractivity contribution in [1.82, 2.24) is 9.38 Å². The maximum atomic E-state index is 4.37. The topological polar surface area (TPSA) is 17.3 Å². The Balaban J connectivity index is 2.90. The van der Waals surface area contributed by atoms with Gasteiger partial charge in [0, 0.05) is 12.4 Å². The van der Waals surface area contributed by atoms with E-state index in [-0.39, 0.29) is 0 Å². The quantitative estimate of drug-likeness (QED) is 0.662. The molecule has 0 unspecified atom stereocenters. The van der Waals surface area contributed by atoms with Crippen molar-refractivity contribution in [3.8, 4) is 0 Å². The summed E-state index contributed by atoms with van der Waals surface area (Å²) in [5.74, 6) is 0. The molecule has 0 saturated carbocycles. The Labute approximate surface area is 78.4 Å². The monoisotopic (exact) mass is 258 g/mol. The molecule has 0 radical (unpaired) electrons. The number of imidazole rings is 1. The highest BCUT2D eigenvalue weighted by atomic mass is 127. The van der Waals surface area contributed by atoms with Crippen molar-refractivity contribution in [2.45, 2.75) is 6.92 Å². The zero-order valence-corrected chi connectivity index (χ0v) is 8.24. The fraction of sp³-hybridized carbons (Fsp3) is 0.125. The van der Waals surface area contributed by atoms with Crippen molar-refractivity contribution in [3.05, 3.63) is 33.8 Å². The van der Waals surface area contributed by atoms with E-state index in [4.69, 9.17) is 0 Å². The van der Waals surface area contributed by atoms with Crippen LogP contribution in [0.15, 0.2) is 24.5 Å². The molecule has 2 heterocycles. The molecular weight excluding hydrogens is 251 g/mol. The number of hydrogen-bond donors (Lipinski definition) is 0. The Morgan fingerprint density at radius 2 is 2.36 bits per heavy atom. The molecule has 56 valence electrons. The zero-order valence-electron chi connectivity index (χ0n) is 6.08. The van der Waals surface area contributed by atoms with E-state index >= 15 is 0 Å². The van der Waals surface area contributed by atoms with Gasteiger partial charge in [-0.1, -0.05) is 0 Å². The van der Waals surface area contributed by atoms with Gasteiger partial charge in [0.2, 0.25) is 0 Å². The van der Waals surface area contributed by atoms with Crippen molar-refractivity contribution in [3.63, 3.8) is 0 Å². The van der Waals surface area contributed by atoms with Crippen molar-refractivity contribution in [2.75, 3.05) is 0 Å². The molecule has 2 aromatic rings. The van der Waals surface area contributed by atoms with Gasteiger partial charge in [0.15, 0.2) is 0 Å². The number of pyridine rings is 1. The lowest BCUT2D eigenvalue weighted by atomic mass is 10.5. The number of rotatable bonds is 0. The number of aromatic nitrogens is 2. The molecule has 11 heavy (non-hydrogen) atoms. The smallest absolute Gasteiger partial charge is 0.150 e. The first-order chi connectivity index (χ1) is 5.27. The number of aryl methyl sites for hydroxylation is 1. The third-order valence-electron chi connectivity index (χ3n) is 1.56. The van der Waals surface area contributed by atoms with Gasteiger partial charge in [-0.25, -0.2) is 4.98 Å². The van der Waals surface area contributed by atoms with Gasteiger partial charge in [-0.3, -0.25) is 0 Å². The molecule has 0 bridgehead atoms. The normalized spacial score (nSPS) is 10.7. The minimum atomic E-state index is 1.05. The van der Waals surface area contributed by atoms with Crippen LogP contribution in [0, 0.1) is 10.5 Å².